The van der Waals surface area contributed by atoms with Crippen molar-refractivity contribution in [3.8, 4) is 16.9 Å². The lowest BCUT2D eigenvalue weighted by molar-refractivity contribution is 0.254. The second kappa shape index (κ2) is 4.05. The predicted octanol–water partition coefficient (Wildman–Crippen LogP) is 3.57. The lowest BCUT2D eigenvalue weighted by atomic mass is 9.99. The van der Waals surface area contributed by atoms with Crippen molar-refractivity contribution in [3.05, 3.63) is 47.5 Å². The SMILES string of the molecule is Cc1cc(-c2ccc3c(c2)CC(C)O3)ccc1N. The molecule has 18 heavy (non-hydrogen) atoms. The van der Waals surface area contributed by atoms with Crippen molar-refractivity contribution in [2.24, 2.45) is 0 Å². The molecule has 2 aromatic carbocycles. The van der Waals surface area contributed by atoms with Gasteiger partial charge in [-0.2, -0.15) is 0 Å². The molecule has 1 heterocycles. The van der Waals surface area contributed by atoms with Gasteiger partial charge in [-0.3, -0.25) is 0 Å². The van der Waals surface area contributed by atoms with Gasteiger partial charge in [-0.1, -0.05) is 12.1 Å². The number of benzene rings is 2. The maximum absolute atomic E-state index is 5.86. The predicted molar refractivity (Wildman–Crippen MR) is 74.8 cm³/mol. The van der Waals surface area contributed by atoms with E-state index in [1.165, 1.54) is 16.7 Å². The van der Waals surface area contributed by atoms with Gasteiger partial charge in [0, 0.05) is 12.1 Å². The van der Waals surface area contributed by atoms with Crippen LogP contribution in [-0.2, 0) is 6.42 Å². The molecule has 0 saturated carbocycles. The van der Waals surface area contributed by atoms with Crippen LogP contribution in [0.4, 0.5) is 5.69 Å². The summed E-state index contributed by atoms with van der Waals surface area (Å²) in [7, 11) is 0. The molecule has 2 nitrogen and oxygen atoms in total. The average Bonchev–Trinajstić information content (AvgIpc) is 2.71. The van der Waals surface area contributed by atoms with Gasteiger partial charge >= 0.3 is 0 Å². The molecular formula is C16H17NO. The summed E-state index contributed by atoms with van der Waals surface area (Å²) in [6, 6.07) is 12.6. The molecule has 0 fully saturated rings. The molecule has 1 atom stereocenters. The topological polar surface area (TPSA) is 35.2 Å². The lowest BCUT2D eigenvalue weighted by Crippen LogP contribution is -2.05. The van der Waals surface area contributed by atoms with E-state index >= 15 is 0 Å². The summed E-state index contributed by atoms with van der Waals surface area (Å²) in [4.78, 5) is 0. The molecule has 0 saturated heterocycles. The van der Waals surface area contributed by atoms with Crippen LogP contribution in [-0.4, -0.2) is 6.10 Å². The van der Waals surface area contributed by atoms with Crippen LogP contribution in [0.15, 0.2) is 36.4 Å². The highest BCUT2D eigenvalue weighted by molar-refractivity contribution is 5.69. The Morgan fingerprint density at radius 3 is 2.61 bits per heavy atom. The monoisotopic (exact) mass is 239 g/mol. The second-order valence-corrected chi connectivity index (χ2v) is 5.03. The molecule has 2 aromatic rings. The van der Waals surface area contributed by atoms with Gasteiger partial charge < -0.3 is 10.5 Å². The van der Waals surface area contributed by atoms with Gasteiger partial charge in [0.15, 0.2) is 0 Å². The fraction of sp³-hybridized carbons (Fsp3) is 0.250. The van der Waals surface area contributed by atoms with Crippen LogP contribution in [0.25, 0.3) is 11.1 Å². The van der Waals surface area contributed by atoms with Crippen LogP contribution in [0.1, 0.15) is 18.1 Å². The Balaban J connectivity index is 2.03. The molecule has 1 aliphatic heterocycles. The first-order chi connectivity index (χ1) is 8.63. The molecule has 0 radical (unpaired) electrons. The Labute approximate surface area is 107 Å². The van der Waals surface area contributed by atoms with E-state index in [0.717, 1.165) is 23.4 Å². The summed E-state index contributed by atoms with van der Waals surface area (Å²) in [5, 5.41) is 0. The first-order valence-electron chi connectivity index (χ1n) is 6.29. The minimum atomic E-state index is 0.295. The maximum atomic E-state index is 5.86. The van der Waals surface area contributed by atoms with E-state index in [2.05, 4.69) is 37.3 Å². The van der Waals surface area contributed by atoms with Crippen molar-refractivity contribution in [3.63, 3.8) is 0 Å². The summed E-state index contributed by atoms with van der Waals surface area (Å²) in [6.07, 6.45) is 1.29. The molecule has 0 aliphatic carbocycles. The zero-order valence-electron chi connectivity index (χ0n) is 10.7. The second-order valence-electron chi connectivity index (χ2n) is 5.03. The van der Waals surface area contributed by atoms with Crippen molar-refractivity contribution in [1.82, 2.24) is 0 Å². The third-order valence-corrected chi connectivity index (χ3v) is 3.50. The Morgan fingerprint density at radius 2 is 1.83 bits per heavy atom. The van der Waals surface area contributed by atoms with Crippen molar-refractivity contribution in [2.45, 2.75) is 26.4 Å². The van der Waals surface area contributed by atoms with Gasteiger partial charge in [0.1, 0.15) is 11.9 Å². The molecular weight excluding hydrogens is 222 g/mol. The summed E-state index contributed by atoms with van der Waals surface area (Å²) in [6.45, 7) is 4.14. The van der Waals surface area contributed by atoms with Crippen LogP contribution >= 0.6 is 0 Å². The third kappa shape index (κ3) is 1.84. The van der Waals surface area contributed by atoms with Crippen molar-refractivity contribution in [2.75, 3.05) is 5.73 Å². The van der Waals surface area contributed by atoms with Crippen LogP contribution in [0.3, 0.4) is 0 Å². The number of anilines is 1. The fourth-order valence-electron chi connectivity index (χ4n) is 2.46. The molecule has 0 aromatic heterocycles. The highest BCUT2D eigenvalue weighted by atomic mass is 16.5. The van der Waals surface area contributed by atoms with Crippen LogP contribution in [0.2, 0.25) is 0 Å². The smallest absolute Gasteiger partial charge is 0.123 e. The Morgan fingerprint density at radius 1 is 1.11 bits per heavy atom. The molecule has 0 bridgehead atoms. The first kappa shape index (κ1) is 11.1. The number of aryl methyl sites for hydroxylation is 1. The molecule has 1 unspecified atom stereocenters. The van der Waals surface area contributed by atoms with Gasteiger partial charge in [0.2, 0.25) is 0 Å². The van der Waals surface area contributed by atoms with E-state index in [0.29, 0.717) is 6.10 Å². The molecule has 2 N–H and O–H groups in total. The summed E-state index contributed by atoms with van der Waals surface area (Å²) in [5.74, 6) is 1.03. The summed E-state index contributed by atoms with van der Waals surface area (Å²) >= 11 is 0. The van der Waals surface area contributed by atoms with E-state index in [-0.39, 0.29) is 0 Å². The number of hydrogen-bond donors (Lipinski definition) is 1. The number of fused-ring (bicyclic) bond motifs is 1. The Kier molecular flexibility index (Phi) is 2.51. The maximum Gasteiger partial charge on any atom is 0.123 e. The number of rotatable bonds is 1. The highest BCUT2D eigenvalue weighted by Crippen LogP contribution is 2.33. The molecule has 0 spiro atoms. The van der Waals surface area contributed by atoms with Gasteiger partial charge in [0.25, 0.3) is 0 Å². The first-order valence-corrected chi connectivity index (χ1v) is 6.29. The lowest BCUT2D eigenvalue weighted by Gasteiger charge is -2.07. The van der Waals surface area contributed by atoms with Crippen LogP contribution in [0, 0.1) is 6.92 Å². The standard InChI is InChI=1S/C16H17NO/c1-10-7-12(3-5-15(10)17)13-4-6-16-14(9-13)8-11(2)18-16/h3-7,9,11H,8,17H2,1-2H3. The van der Waals surface area contributed by atoms with Gasteiger partial charge in [-0.15, -0.1) is 0 Å². The largest absolute Gasteiger partial charge is 0.490 e. The van der Waals surface area contributed by atoms with Gasteiger partial charge in [-0.05, 0) is 60.4 Å². The van der Waals surface area contributed by atoms with Gasteiger partial charge in [0.05, 0.1) is 0 Å². The number of nitrogens with two attached hydrogens (primary N) is 1. The molecule has 3 rings (SSSR count). The van der Waals surface area contributed by atoms with E-state index in [4.69, 9.17) is 10.5 Å². The van der Waals surface area contributed by atoms with Crippen molar-refractivity contribution in [1.29, 1.82) is 0 Å². The average molecular weight is 239 g/mol. The zero-order chi connectivity index (χ0) is 12.7. The minimum Gasteiger partial charge on any atom is -0.490 e. The van der Waals surface area contributed by atoms with Crippen LogP contribution in [0.5, 0.6) is 5.75 Å². The van der Waals surface area contributed by atoms with Crippen molar-refractivity contribution < 1.29 is 4.74 Å². The van der Waals surface area contributed by atoms with E-state index in [1.807, 2.05) is 13.0 Å². The molecule has 92 valence electrons. The number of nitrogen functional groups attached to an aromatic ring is 1. The highest BCUT2D eigenvalue weighted by Gasteiger charge is 2.19. The van der Waals surface area contributed by atoms with Gasteiger partial charge in [-0.25, -0.2) is 0 Å². The fourth-order valence-corrected chi connectivity index (χ4v) is 2.46. The van der Waals surface area contributed by atoms with E-state index in [1.54, 1.807) is 0 Å². The number of hydrogen-bond acceptors (Lipinski definition) is 2. The van der Waals surface area contributed by atoms with Crippen molar-refractivity contribution >= 4 is 5.69 Å². The Bertz CT molecular complexity index is 604. The van der Waals surface area contributed by atoms with E-state index in [9.17, 15) is 0 Å². The van der Waals surface area contributed by atoms with E-state index < -0.39 is 0 Å². The minimum absolute atomic E-state index is 0.295. The third-order valence-electron chi connectivity index (χ3n) is 3.50. The summed E-state index contributed by atoms with van der Waals surface area (Å²) in [5.41, 5.74) is 11.6. The van der Waals surface area contributed by atoms with Crippen LogP contribution < -0.4 is 10.5 Å². The molecule has 0 amide bonds. The normalized spacial score (nSPS) is 17.3. The Hall–Kier alpha value is -1.96. The molecule has 1 aliphatic rings. The summed E-state index contributed by atoms with van der Waals surface area (Å²) < 4.78 is 5.72. The molecule has 2 heteroatoms. The number of ether oxygens (including phenoxy) is 1. The quantitative estimate of drug-likeness (QED) is 0.772. The zero-order valence-corrected chi connectivity index (χ0v) is 10.7.